The molecule has 0 atom stereocenters. The lowest BCUT2D eigenvalue weighted by molar-refractivity contribution is -0.141. The molecule has 0 spiro atoms. The van der Waals surface area contributed by atoms with Crippen molar-refractivity contribution in [3.63, 3.8) is 0 Å². The van der Waals surface area contributed by atoms with Crippen molar-refractivity contribution in [2.75, 3.05) is 19.4 Å². The number of ether oxygens (including phenoxy) is 1. The second kappa shape index (κ2) is 6.17. The van der Waals surface area contributed by atoms with E-state index in [9.17, 15) is 14.0 Å². The zero-order valence-corrected chi connectivity index (χ0v) is 11.1. The molecule has 0 aliphatic heterocycles. The third-order valence-corrected chi connectivity index (χ3v) is 2.69. The molecule has 5 nitrogen and oxygen atoms in total. The molecule has 0 aromatic heterocycles. The summed E-state index contributed by atoms with van der Waals surface area (Å²) in [5.41, 5.74) is 5.37. The predicted octanol–water partition coefficient (Wildman–Crippen LogP) is 1.43. The molecule has 0 saturated carbocycles. The number of hydrogen-bond acceptors (Lipinski definition) is 4. The van der Waals surface area contributed by atoms with E-state index in [2.05, 4.69) is 4.74 Å². The fraction of sp³-hybridized carbons (Fsp3) is 0.385. The highest BCUT2D eigenvalue weighted by Gasteiger charge is 2.24. The number of rotatable bonds is 4. The summed E-state index contributed by atoms with van der Waals surface area (Å²) >= 11 is 0. The molecule has 1 aromatic carbocycles. The molecular weight excluding hydrogens is 251 g/mol. The third-order valence-electron chi connectivity index (χ3n) is 2.69. The molecule has 0 bridgehead atoms. The van der Waals surface area contributed by atoms with Crippen molar-refractivity contribution < 1.29 is 18.7 Å². The Morgan fingerprint density at radius 1 is 1.42 bits per heavy atom. The van der Waals surface area contributed by atoms with Crippen molar-refractivity contribution in [1.82, 2.24) is 4.90 Å². The number of esters is 1. The number of carbonyl (C=O) groups excluding carboxylic acids is 2. The second-order valence-electron chi connectivity index (χ2n) is 4.30. The quantitative estimate of drug-likeness (QED) is 0.662. The Labute approximate surface area is 111 Å². The molecular formula is C13H17FN2O3. The molecule has 0 aliphatic carbocycles. The van der Waals surface area contributed by atoms with Gasteiger partial charge in [0.25, 0.3) is 5.91 Å². The van der Waals surface area contributed by atoms with Crippen LogP contribution < -0.4 is 5.73 Å². The lowest BCUT2D eigenvalue weighted by Crippen LogP contribution is -2.41. The number of amides is 1. The topological polar surface area (TPSA) is 72.6 Å². The fourth-order valence-electron chi connectivity index (χ4n) is 1.57. The number of benzene rings is 1. The molecule has 2 N–H and O–H groups in total. The van der Waals surface area contributed by atoms with Crippen LogP contribution in [0.15, 0.2) is 18.2 Å². The van der Waals surface area contributed by atoms with Crippen molar-refractivity contribution in [3.05, 3.63) is 29.6 Å². The van der Waals surface area contributed by atoms with Crippen LogP contribution in [-0.2, 0) is 9.53 Å². The van der Waals surface area contributed by atoms with E-state index in [0.29, 0.717) is 0 Å². The van der Waals surface area contributed by atoms with E-state index >= 15 is 0 Å². The lowest BCUT2D eigenvalue weighted by Gasteiger charge is -2.26. The van der Waals surface area contributed by atoms with E-state index in [1.54, 1.807) is 13.8 Å². The van der Waals surface area contributed by atoms with E-state index in [4.69, 9.17) is 5.73 Å². The highest BCUT2D eigenvalue weighted by atomic mass is 19.1. The second-order valence-corrected chi connectivity index (χ2v) is 4.30. The minimum absolute atomic E-state index is 0.0394. The number of halogens is 1. The Kier molecular flexibility index (Phi) is 4.86. The molecule has 1 amide bonds. The van der Waals surface area contributed by atoms with Crippen molar-refractivity contribution in [2.24, 2.45) is 0 Å². The van der Waals surface area contributed by atoms with Gasteiger partial charge < -0.3 is 15.4 Å². The molecule has 104 valence electrons. The van der Waals surface area contributed by atoms with Crippen LogP contribution in [0.2, 0.25) is 0 Å². The largest absolute Gasteiger partial charge is 0.468 e. The molecule has 0 heterocycles. The van der Waals surface area contributed by atoms with Crippen LogP contribution in [0, 0.1) is 5.82 Å². The predicted molar refractivity (Wildman–Crippen MR) is 69.0 cm³/mol. The van der Waals surface area contributed by atoms with Gasteiger partial charge in [-0.3, -0.25) is 9.59 Å². The zero-order valence-electron chi connectivity index (χ0n) is 11.1. The van der Waals surface area contributed by atoms with Crippen LogP contribution in [0.1, 0.15) is 24.2 Å². The third kappa shape index (κ3) is 3.43. The number of methoxy groups -OCH3 is 1. The number of carbonyl (C=O) groups is 2. The molecule has 0 aliphatic rings. The Balaban J connectivity index is 3.06. The number of nitrogens with zero attached hydrogens (tertiary/aromatic N) is 1. The maximum Gasteiger partial charge on any atom is 0.325 e. The average molecular weight is 268 g/mol. The van der Waals surface area contributed by atoms with Crippen molar-refractivity contribution in [2.45, 2.75) is 19.9 Å². The highest BCUT2D eigenvalue weighted by Crippen LogP contribution is 2.18. The van der Waals surface area contributed by atoms with Crippen LogP contribution in [-0.4, -0.2) is 36.5 Å². The van der Waals surface area contributed by atoms with E-state index in [1.807, 2.05) is 0 Å². The first-order valence-electron chi connectivity index (χ1n) is 5.80. The summed E-state index contributed by atoms with van der Waals surface area (Å²) in [5.74, 6) is -1.71. The summed E-state index contributed by atoms with van der Waals surface area (Å²) in [7, 11) is 1.24. The van der Waals surface area contributed by atoms with Crippen LogP contribution in [0.4, 0.5) is 10.1 Å². The fourth-order valence-corrected chi connectivity index (χ4v) is 1.57. The minimum Gasteiger partial charge on any atom is -0.468 e. The first-order chi connectivity index (χ1) is 8.88. The first-order valence-corrected chi connectivity index (χ1v) is 5.80. The molecule has 1 rings (SSSR count). The smallest absolute Gasteiger partial charge is 0.325 e. The summed E-state index contributed by atoms with van der Waals surface area (Å²) in [6.45, 7) is 3.29. The van der Waals surface area contributed by atoms with Crippen LogP contribution >= 0.6 is 0 Å². The molecule has 0 radical (unpaired) electrons. The standard InChI is InChI=1S/C13H17FN2O3/c1-8(2)16(7-11(17)19-3)13(18)9-5-4-6-10(14)12(9)15/h4-6,8H,7,15H2,1-3H3. The van der Waals surface area contributed by atoms with Crippen molar-refractivity contribution in [1.29, 1.82) is 0 Å². The van der Waals surface area contributed by atoms with E-state index < -0.39 is 17.7 Å². The first kappa shape index (κ1) is 14.9. The Hall–Kier alpha value is -2.11. The molecule has 0 unspecified atom stereocenters. The van der Waals surface area contributed by atoms with Gasteiger partial charge in [-0.2, -0.15) is 0 Å². The Morgan fingerprint density at radius 3 is 2.58 bits per heavy atom. The zero-order chi connectivity index (χ0) is 14.6. The summed E-state index contributed by atoms with van der Waals surface area (Å²) < 4.78 is 17.9. The van der Waals surface area contributed by atoms with Gasteiger partial charge in [0.1, 0.15) is 12.4 Å². The average Bonchev–Trinajstić information content (AvgIpc) is 2.37. The van der Waals surface area contributed by atoms with Gasteiger partial charge in [-0.25, -0.2) is 4.39 Å². The normalized spacial score (nSPS) is 10.4. The minimum atomic E-state index is -0.660. The molecule has 19 heavy (non-hydrogen) atoms. The lowest BCUT2D eigenvalue weighted by atomic mass is 10.1. The maximum absolute atomic E-state index is 13.3. The van der Waals surface area contributed by atoms with Crippen molar-refractivity contribution in [3.8, 4) is 0 Å². The van der Waals surface area contributed by atoms with Gasteiger partial charge in [0.15, 0.2) is 0 Å². The van der Waals surface area contributed by atoms with Gasteiger partial charge in [-0.1, -0.05) is 6.07 Å². The molecule has 1 aromatic rings. The van der Waals surface area contributed by atoms with Gasteiger partial charge in [0, 0.05) is 6.04 Å². The number of nitrogen functional groups attached to an aromatic ring is 1. The Morgan fingerprint density at radius 2 is 2.05 bits per heavy atom. The molecule has 6 heteroatoms. The SMILES string of the molecule is COC(=O)CN(C(=O)c1cccc(F)c1N)C(C)C. The molecule has 0 fully saturated rings. The van der Waals surface area contributed by atoms with Crippen molar-refractivity contribution >= 4 is 17.6 Å². The highest BCUT2D eigenvalue weighted by molar-refractivity contribution is 6.00. The summed E-state index contributed by atoms with van der Waals surface area (Å²) in [4.78, 5) is 24.8. The summed E-state index contributed by atoms with van der Waals surface area (Å²) in [6, 6.07) is 3.75. The van der Waals surface area contributed by atoms with Gasteiger partial charge in [0.2, 0.25) is 0 Å². The van der Waals surface area contributed by atoms with Crippen LogP contribution in [0.25, 0.3) is 0 Å². The van der Waals surface area contributed by atoms with Gasteiger partial charge in [0.05, 0.1) is 18.4 Å². The summed E-state index contributed by atoms with van der Waals surface area (Å²) in [5, 5.41) is 0. The summed E-state index contributed by atoms with van der Waals surface area (Å²) in [6.07, 6.45) is 0. The van der Waals surface area contributed by atoms with Crippen LogP contribution in [0.3, 0.4) is 0 Å². The number of hydrogen-bond donors (Lipinski definition) is 1. The van der Waals surface area contributed by atoms with Gasteiger partial charge in [-0.15, -0.1) is 0 Å². The van der Waals surface area contributed by atoms with Crippen LogP contribution in [0.5, 0.6) is 0 Å². The molecule has 0 saturated heterocycles. The van der Waals surface area contributed by atoms with E-state index in [0.717, 1.165) is 0 Å². The van der Waals surface area contributed by atoms with E-state index in [1.165, 1.54) is 30.2 Å². The van der Waals surface area contributed by atoms with Gasteiger partial charge >= 0.3 is 5.97 Å². The van der Waals surface area contributed by atoms with E-state index in [-0.39, 0.29) is 23.8 Å². The Bertz CT molecular complexity index is 489. The number of anilines is 1. The van der Waals surface area contributed by atoms with Gasteiger partial charge in [-0.05, 0) is 26.0 Å². The number of para-hydroxylation sites is 1. The monoisotopic (exact) mass is 268 g/mol. The number of nitrogens with two attached hydrogens (primary N) is 1. The maximum atomic E-state index is 13.3.